The molecule has 18 heavy (non-hydrogen) atoms. The van der Waals surface area contributed by atoms with E-state index in [4.69, 9.17) is 0 Å². The van der Waals surface area contributed by atoms with Gasteiger partial charge < -0.3 is 10.0 Å². The van der Waals surface area contributed by atoms with Gasteiger partial charge in [0.25, 0.3) is 0 Å². The summed E-state index contributed by atoms with van der Waals surface area (Å²) in [5.74, 6) is -0.378. The molecule has 2 rings (SSSR count). The lowest BCUT2D eigenvalue weighted by Crippen LogP contribution is -2.20. The summed E-state index contributed by atoms with van der Waals surface area (Å²) in [5, 5.41) is 9.97. The van der Waals surface area contributed by atoms with E-state index in [0.29, 0.717) is 12.0 Å². The van der Waals surface area contributed by atoms with E-state index in [1.165, 1.54) is 0 Å². The van der Waals surface area contributed by atoms with Gasteiger partial charge in [0.15, 0.2) is 5.78 Å². The van der Waals surface area contributed by atoms with Gasteiger partial charge in [-0.1, -0.05) is 26.0 Å². The highest BCUT2D eigenvalue weighted by Crippen LogP contribution is 2.30. The second kappa shape index (κ2) is 4.53. The van der Waals surface area contributed by atoms with Crippen molar-refractivity contribution < 1.29 is 14.7 Å². The number of benzene rings is 1. The lowest BCUT2D eigenvalue weighted by molar-refractivity contribution is -0.130. The smallest absolute Gasteiger partial charge is 0.231 e. The molecule has 0 aromatic heterocycles. The molecule has 1 heterocycles. The maximum atomic E-state index is 11.7. The van der Waals surface area contributed by atoms with Crippen molar-refractivity contribution in [2.45, 2.75) is 26.4 Å². The Hall–Kier alpha value is -1.68. The normalized spacial score (nSPS) is 16.1. The molecule has 0 bridgehead atoms. The Balaban J connectivity index is 2.31. The highest BCUT2D eigenvalue weighted by atomic mass is 16.3. The highest BCUT2D eigenvalue weighted by molar-refractivity contribution is 6.01. The molecule has 0 fully saturated rings. The molecule has 1 atom stereocenters. The number of hydrogen-bond donors (Lipinski definition) is 1. The van der Waals surface area contributed by atoms with Crippen LogP contribution < -0.4 is 4.90 Å². The number of amides is 1. The first kappa shape index (κ1) is 12.8. The van der Waals surface area contributed by atoms with E-state index in [-0.39, 0.29) is 17.6 Å². The zero-order chi connectivity index (χ0) is 13.4. The fourth-order valence-electron chi connectivity index (χ4n) is 2.14. The third-order valence-corrected chi connectivity index (χ3v) is 3.33. The molecular formula is C14H17NO3. The molecule has 1 aliphatic heterocycles. The summed E-state index contributed by atoms with van der Waals surface area (Å²) in [6, 6.07) is 5.24. The van der Waals surface area contributed by atoms with Crippen LogP contribution in [0.3, 0.4) is 0 Å². The molecule has 1 aromatic rings. The van der Waals surface area contributed by atoms with Gasteiger partial charge in [-0.2, -0.15) is 0 Å². The number of hydrogen-bond acceptors (Lipinski definition) is 3. The average molecular weight is 247 g/mol. The number of ketones is 1. The minimum atomic E-state index is -1.10. The van der Waals surface area contributed by atoms with Crippen LogP contribution in [0.25, 0.3) is 0 Å². The van der Waals surface area contributed by atoms with E-state index in [1.807, 2.05) is 0 Å². The molecule has 1 N–H and O–H groups in total. The fourth-order valence-corrected chi connectivity index (χ4v) is 2.14. The van der Waals surface area contributed by atoms with Crippen molar-refractivity contribution in [2.24, 2.45) is 5.92 Å². The number of Topliss-reactive ketones (excluding diaryl/α,β-unsaturated/α-hetero) is 1. The van der Waals surface area contributed by atoms with E-state index in [0.717, 1.165) is 11.3 Å². The van der Waals surface area contributed by atoms with Crippen molar-refractivity contribution in [2.75, 3.05) is 11.9 Å². The standard InChI is InChI=1S/C14H17NO3/c1-8(2)13(17)14(18)9-4-5-11-10(6-9)7-12(16)15(11)3/h4-6,8,14,18H,7H2,1-3H3. The SMILES string of the molecule is CC(C)C(=O)C(O)c1ccc2c(c1)CC(=O)N2C. The number of carbonyl (C=O) groups excluding carboxylic acids is 2. The Morgan fingerprint density at radius 2 is 2.06 bits per heavy atom. The van der Waals surface area contributed by atoms with Crippen LogP contribution in [0, 0.1) is 5.92 Å². The number of nitrogens with zero attached hydrogens (tertiary/aromatic N) is 1. The van der Waals surface area contributed by atoms with Gasteiger partial charge in [0, 0.05) is 18.7 Å². The van der Waals surface area contributed by atoms with Crippen molar-refractivity contribution in [1.82, 2.24) is 0 Å². The zero-order valence-corrected chi connectivity index (χ0v) is 10.8. The lowest BCUT2D eigenvalue weighted by Gasteiger charge is -2.14. The van der Waals surface area contributed by atoms with Crippen LogP contribution in [-0.2, 0) is 16.0 Å². The molecule has 4 heteroatoms. The molecular weight excluding hydrogens is 230 g/mol. The van der Waals surface area contributed by atoms with Crippen LogP contribution in [0.1, 0.15) is 31.1 Å². The molecule has 0 spiro atoms. The Kier molecular flexibility index (Phi) is 3.22. The Morgan fingerprint density at radius 1 is 1.39 bits per heavy atom. The second-order valence-electron chi connectivity index (χ2n) is 4.98. The number of anilines is 1. The van der Waals surface area contributed by atoms with Gasteiger partial charge in [-0.15, -0.1) is 0 Å². The van der Waals surface area contributed by atoms with Crippen LogP contribution >= 0.6 is 0 Å². The van der Waals surface area contributed by atoms with Gasteiger partial charge in [-0.25, -0.2) is 0 Å². The summed E-state index contributed by atoms with van der Waals surface area (Å²) >= 11 is 0. The Labute approximate surface area is 106 Å². The average Bonchev–Trinajstić information content (AvgIpc) is 2.62. The van der Waals surface area contributed by atoms with Crippen LogP contribution in [-0.4, -0.2) is 23.8 Å². The summed E-state index contributed by atoms with van der Waals surface area (Å²) in [4.78, 5) is 24.9. The number of likely N-dealkylation sites (N-methyl/N-ethyl adjacent to an activating group) is 1. The van der Waals surface area contributed by atoms with Gasteiger partial charge in [0.2, 0.25) is 5.91 Å². The van der Waals surface area contributed by atoms with Crippen molar-refractivity contribution in [3.8, 4) is 0 Å². The minimum absolute atomic E-state index is 0.0341. The first-order valence-corrected chi connectivity index (χ1v) is 6.03. The van der Waals surface area contributed by atoms with E-state index in [2.05, 4.69) is 0 Å². The molecule has 0 saturated carbocycles. The van der Waals surface area contributed by atoms with E-state index >= 15 is 0 Å². The van der Waals surface area contributed by atoms with Gasteiger partial charge in [-0.3, -0.25) is 9.59 Å². The monoisotopic (exact) mass is 247 g/mol. The number of fused-ring (bicyclic) bond motifs is 1. The molecule has 4 nitrogen and oxygen atoms in total. The van der Waals surface area contributed by atoms with E-state index in [9.17, 15) is 14.7 Å². The Morgan fingerprint density at radius 3 is 2.67 bits per heavy atom. The maximum Gasteiger partial charge on any atom is 0.231 e. The van der Waals surface area contributed by atoms with Crippen molar-refractivity contribution in [1.29, 1.82) is 0 Å². The van der Waals surface area contributed by atoms with E-state index < -0.39 is 6.10 Å². The summed E-state index contributed by atoms with van der Waals surface area (Å²) in [6.45, 7) is 3.52. The first-order chi connectivity index (χ1) is 8.41. The Bertz CT molecular complexity index is 508. The second-order valence-corrected chi connectivity index (χ2v) is 4.98. The largest absolute Gasteiger partial charge is 0.381 e. The van der Waals surface area contributed by atoms with Crippen molar-refractivity contribution in [3.63, 3.8) is 0 Å². The predicted octanol–water partition coefficient (Wildman–Crippen LogP) is 1.46. The molecule has 0 aliphatic carbocycles. The van der Waals surface area contributed by atoms with Gasteiger partial charge in [0.05, 0.1) is 6.42 Å². The van der Waals surface area contributed by atoms with Crippen molar-refractivity contribution in [3.05, 3.63) is 29.3 Å². The maximum absolute atomic E-state index is 11.7. The van der Waals surface area contributed by atoms with E-state index in [1.54, 1.807) is 44.0 Å². The number of carbonyl (C=O) groups is 2. The van der Waals surface area contributed by atoms with Crippen LogP contribution in [0.5, 0.6) is 0 Å². The molecule has 96 valence electrons. The topological polar surface area (TPSA) is 57.6 Å². The van der Waals surface area contributed by atoms with Crippen LogP contribution in [0.4, 0.5) is 5.69 Å². The molecule has 1 amide bonds. The van der Waals surface area contributed by atoms with Gasteiger partial charge in [0.1, 0.15) is 6.10 Å². The molecule has 1 aromatic carbocycles. The number of aliphatic hydroxyl groups is 1. The van der Waals surface area contributed by atoms with Crippen LogP contribution in [0.15, 0.2) is 18.2 Å². The number of aliphatic hydroxyl groups excluding tert-OH is 1. The quantitative estimate of drug-likeness (QED) is 0.879. The molecule has 1 aliphatic rings. The minimum Gasteiger partial charge on any atom is -0.381 e. The summed E-state index contributed by atoms with van der Waals surface area (Å²) in [6.07, 6.45) is -0.765. The van der Waals surface area contributed by atoms with Crippen LogP contribution in [0.2, 0.25) is 0 Å². The molecule has 0 saturated heterocycles. The van der Waals surface area contributed by atoms with Crippen molar-refractivity contribution >= 4 is 17.4 Å². The van der Waals surface area contributed by atoms with Gasteiger partial charge in [-0.05, 0) is 17.2 Å². The highest BCUT2D eigenvalue weighted by Gasteiger charge is 2.26. The summed E-state index contributed by atoms with van der Waals surface area (Å²) in [7, 11) is 1.73. The lowest BCUT2D eigenvalue weighted by atomic mass is 9.96. The fraction of sp³-hybridized carbons (Fsp3) is 0.429. The molecule has 1 unspecified atom stereocenters. The summed E-state index contributed by atoms with van der Waals surface area (Å²) in [5.41, 5.74) is 2.29. The number of rotatable bonds is 3. The molecule has 0 radical (unpaired) electrons. The third-order valence-electron chi connectivity index (χ3n) is 3.33. The first-order valence-electron chi connectivity index (χ1n) is 6.03. The summed E-state index contributed by atoms with van der Waals surface area (Å²) < 4.78 is 0. The predicted molar refractivity (Wildman–Crippen MR) is 68.4 cm³/mol. The zero-order valence-electron chi connectivity index (χ0n) is 10.8. The van der Waals surface area contributed by atoms with Gasteiger partial charge >= 0.3 is 0 Å². The third kappa shape index (κ3) is 2.04.